The molecular formula is C22H29NO4. The van der Waals surface area contributed by atoms with Crippen molar-refractivity contribution in [3.05, 3.63) is 23.3 Å². The van der Waals surface area contributed by atoms with Gasteiger partial charge in [-0.3, -0.25) is 4.79 Å². The summed E-state index contributed by atoms with van der Waals surface area (Å²) in [6.45, 7) is 5.64. The van der Waals surface area contributed by atoms with Gasteiger partial charge < -0.3 is 19.1 Å². The summed E-state index contributed by atoms with van der Waals surface area (Å²) in [5, 5.41) is 0. The largest absolute Gasteiger partial charge is 0.486 e. The fourth-order valence-electron chi connectivity index (χ4n) is 5.55. The zero-order valence-electron chi connectivity index (χ0n) is 16.2. The maximum atomic E-state index is 13.4. The highest BCUT2D eigenvalue weighted by Crippen LogP contribution is 2.52. The van der Waals surface area contributed by atoms with Crippen LogP contribution in [0.1, 0.15) is 62.6 Å². The first-order chi connectivity index (χ1) is 13.2. The van der Waals surface area contributed by atoms with Crippen molar-refractivity contribution in [1.29, 1.82) is 0 Å². The predicted molar refractivity (Wildman–Crippen MR) is 101 cm³/mol. The Bertz CT molecular complexity index is 734. The Morgan fingerprint density at radius 3 is 2.41 bits per heavy atom. The fourth-order valence-corrected chi connectivity index (χ4v) is 5.55. The molecule has 1 unspecified atom stereocenters. The molecule has 1 aromatic rings. The SMILES string of the molecule is CC1c2cc3c(cc2C2(CCCC2)CN1C(=O)C1CCOCC1)OCCO3. The third kappa shape index (κ3) is 2.82. The summed E-state index contributed by atoms with van der Waals surface area (Å²) >= 11 is 0. The first-order valence-electron chi connectivity index (χ1n) is 10.5. The normalized spacial score (nSPS) is 26.9. The number of carbonyl (C=O) groups is 1. The molecule has 0 bridgehead atoms. The molecule has 0 radical (unpaired) electrons. The van der Waals surface area contributed by atoms with Crippen LogP contribution in [0, 0.1) is 5.92 Å². The average molecular weight is 371 g/mol. The van der Waals surface area contributed by atoms with Crippen LogP contribution in [0.4, 0.5) is 0 Å². The van der Waals surface area contributed by atoms with E-state index in [2.05, 4.69) is 24.0 Å². The van der Waals surface area contributed by atoms with E-state index in [1.807, 2.05) is 0 Å². The smallest absolute Gasteiger partial charge is 0.226 e. The van der Waals surface area contributed by atoms with Crippen molar-refractivity contribution in [3.63, 3.8) is 0 Å². The quantitative estimate of drug-likeness (QED) is 0.757. The van der Waals surface area contributed by atoms with Gasteiger partial charge in [0.05, 0.1) is 6.04 Å². The van der Waals surface area contributed by atoms with Crippen molar-refractivity contribution in [2.45, 2.75) is 56.9 Å². The molecule has 0 aromatic heterocycles. The lowest BCUT2D eigenvalue weighted by Gasteiger charge is -2.47. The van der Waals surface area contributed by atoms with E-state index in [4.69, 9.17) is 14.2 Å². The molecule has 5 rings (SSSR count). The minimum Gasteiger partial charge on any atom is -0.486 e. The molecule has 5 heteroatoms. The number of ether oxygens (including phenoxy) is 3. The number of carbonyl (C=O) groups excluding carboxylic acids is 1. The number of fused-ring (bicyclic) bond motifs is 3. The van der Waals surface area contributed by atoms with Crippen molar-refractivity contribution in [2.75, 3.05) is 33.0 Å². The molecule has 27 heavy (non-hydrogen) atoms. The summed E-state index contributed by atoms with van der Waals surface area (Å²) in [6, 6.07) is 4.46. The molecule has 2 fully saturated rings. The van der Waals surface area contributed by atoms with Gasteiger partial charge >= 0.3 is 0 Å². The van der Waals surface area contributed by atoms with E-state index in [1.54, 1.807) is 0 Å². The van der Waals surface area contributed by atoms with Crippen LogP contribution in [0.3, 0.4) is 0 Å². The lowest BCUT2D eigenvalue weighted by atomic mass is 9.71. The molecule has 1 aromatic carbocycles. The van der Waals surface area contributed by atoms with Crippen LogP contribution in [0.5, 0.6) is 11.5 Å². The van der Waals surface area contributed by atoms with E-state index in [-0.39, 0.29) is 17.4 Å². The number of benzene rings is 1. The molecule has 1 saturated heterocycles. The van der Waals surface area contributed by atoms with Gasteiger partial charge in [-0.2, -0.15) is 0 Å². The van der Waals surface area contributed by atoms with Crippen molar-refractivity contribution >= 4 is 5.91 Å². The Hall–Kier alpha value is -1.75. The van der Waals surface area contributed by atoms with Crippen LogP contribution in [0.2, 0.25) is 0 Å². The van der Waals surface area contributed by atoms with E-state index in [0.29, 0.717) is 32.3 Å². The second kappa shape index (κ2) is 6.69. The van der Waals surface area contributed by atoms with Gasteiger partial charge in [0.1, 0.15) is 13.2 Å². The number of nitrogens with zero attached hydrogens (tertiary/aromatic N) is 1. The third-order valence-electron chi connectivity index (χ3n) is 7.09. The molecule has 1 amide bonds. The van der Waals surface area contributed by atoms with E-state index in [0.717, 1.165) is 43.7 Å². The van der Waals surface area contributed by atoms with E-state index in [9.17, 15) is 4.79 Å². The van der Waals surface area contributed by atoms with Gasteiger partial charge in [0.15, 0.2) is 11.5 Å². The van der Waals surface area contributed by atoms with Gasteiger partial charge in [0, 0.05) is 31.1 Å². The minimum absolute atomic E-state index is 0.0809. The molecule has 0 N–H and O–H groups in total. The van der Waals surface area contributed by atoms with Crippen LogP contribution in [-0.4, -0.2) is 43.8 Å². The van der Waals surface area contributed by atoms with E-state index in [1.165, 1.54) is 24.0 Å². The Balaban J connectivity index is 1.55. The monoisotopic (exact) mass is 371 g/mol. The highest BCUT2D eigenvalue weighted by molar-refractivity contribution is 5.80. The highest BCUT2D eigenvalue weighted by atomic mass is 16.6. The summed E-state index contributed by atoms with van der Waals surface area (Å²) in [4.78, 5) is 15.6. The molecule has 3 heterocycles. The van der Waals surface area contributed by atoms with Crippen molar-refractivity contribution in [2.24, 2.45) is 5.92 Å². The lowest BCUT2D eigenvalue weighted by molar-refractivity contribution is -0.142. The maximum Gasteiger partial charge on any atom is 0.226 e. The van der Waals surface area contributed by atoms with Crippen LogP contribution in [0.15, 0.2) is 12.1 Å². The predicted octanol–water partition coefficient (Wildman–Crippen LogP) is 3.60. The standard InChI is InChI=1S/C22H29NO4/c1-15-17-12-19-20(27-11-10-26-19)13-18(17)22(6-2-3-7-22)14-23(15)21(24)16-4-8-25-9-5-16/h12-13,15-16H,2-11,14H2,1H3. The minimum atomic E-state index is 0.0809. The van der Waals surface area contributed by atoms with Crippen LogP contribution in [0.25, 0.3) is 0 Å². The molecule has 4 aliphatic rings. The molecule has 3 aliphatic heterocycles. The van der Waals surface area contributed by atoms with Gasteiger partial charge in [-0.25, -0.2) is 0 Å². The highest BCUT2D eigenvalue weighted by Gasteiger charge is 2.47. The topological polar surface area (TPSA) is 48.0 Å². The Labute approximate surface area is 161 Å². The zero-order chi connectivity index (χ0) is 18.4. The summed E-state index contributed by atoms with van der Waals surface area (Å²) in [7, 11) is 0. The Morgan fingerprint density at radius 2 is 1.70 bits per heavy atom. The molecule has 1 spiro atoms. The van der Waals surface area contributed by atoms with Crippen LogP contribution in [-0.2, 0) is 14.9 Å². The Kier molecular flexibility index (Phi) is 4.30. The third-order valence-corrected chi connectivity index (χ3v) is 7.09. The maximum absolute atomic E-state index is 13.4. The van der Waals surface area contributed by atoms with Crippen molar-refractivity contribution in [1.82, 2.24) is 4.90 Å². The van der Waals surface area contributed by atoms with Crippen molar-refractivity contribution in [3.8, 4) is 11.5 Å². The fraction of sp³-hybridized carbons (Fsp3) is 0.682. The second-order valence-electron chi connectivity index (χ2n) is 8.60. The number of amides is 1. The van der Waals surface area contributed by atoms with Gasteiger partial charge in [-0.05, 0) is 55.9 Å². The number of hydrogen-bond donors (Lipinski definition) is 0. The van der Waals surface area contributed by atoms with Crippen LogP contribution < -0.4 is 9.47 Å². The number of rotatable bonds is 1. The molecular weight excluding hydrogens is 342 g/mol. The van der Waals surface area contributed by atoms with E-state index >= 15 is 0 Å². The average Bonchev–Trinajstić information content (AvgIpc) is 3.19. The summed E-state index contributed by atoms with van der Waals surface area (Å²) in [5.74, 6) is 2.14. The summed E-state index contributed by atoms with van der Waals surface area (Å²) in [5.41, 5.74) is 2.74. The second-order valence-corrected chi connectivity index (χ2v) is 8.60. The summed E-state index contributed by atoms with van der Waals surface area (Å²) in [6.07, 6.45) is 6.49. The van der Waals surface area contributed by atoms with E-state index < -0.39 is 0 Å². The first kappa shape index (κ1) is 17.4. The Morgan fingerprint density at radius 1 is 1.04 bits per heavy atom. The van der Waals surface area contributed by atoms with Gasteiger partial charge in [0.2, 0.25) is 5.91 Å². The molecule has 1 aliphatic carbocycles. The number of hydrogen-bond acceptors (Lipinski definition) is 4. The van der Waals surface area contributed by atoms with Gasteiger partial charge in [-0.15, -0.1) is 0 Å². The van der Waals surface area contributed by atoms with Gasteiger partial charge in [0.25, 0.3) is 0 Å². The zero-order valence-corrected chi connectivity index (χ0v) is 16.2. The molecule has 5 nitrogen and oxygen atoms in total. The molecule has 1 atom stereocenters. The first-order valence-corrected chi connectivity index (χ1v) is 10.5. The summed E-state index contributed by atoms with van der Waals surface area (Å²) < 4.78 is 17.2. The van der Waals surface area contributed by atoms with Gasteiger partial charge in [-0.1, -0.05) is 12.8 Å². The van der Waals surface area contributed by atoms with Crippen molar-refractivity contribution < 1.29 is 19.0 Å². The van der Waals surface area contributed by atoms with Crippen LogP contribution >= 0.6 is 0 Å². The lowest BCUT2D eigenvalue weighted by Crippen LogP contribution is -2.51. The molecule has 146 valence electrons. The molecule has 1 saturated carbocycles.